The van der Waals surface area contributed by atoms with Crippen molar-refractivity contribution in [1.29, 1.82) is 0 Å². The molecule has 0 unspecified atom stereocenters. The second-order valence-corrected chi connectivity index (χ2v) is 5.12. The molecule has 1 amide bonds. The molecule has 1 aromatic rings. The second-order valence-electron chi connectivity index (χ2n) is 3.69. The lowest BCUT2D eigenvalue weighted by Crippen LogP contribution is -2.23. The molecule has 0 saturated heterocycles. The lowest BCUT2D eigenvalue weighted by molar-refractivity contribution is -0.120. The van der Waals surface area contributed by atoms with Gasteiger partial charge in [0.2, 0.25) is 5.91 Å². The number of carbonyl (C=O) groups is 1. The first-order valence-corrected chi connectivity index (χ1v) is 7.18. The van der Waals surface area contributed by atoms with Gasteiger partial charge in [-0.25, -0.2) is 4.39 Å². The van der Waals surface area contributed by atoms with Gasteiger partial charge in [-0.15, -0.1) is 0 Å². The summed E-state index contributed by atoms with van der Waals surface area (Å²) in [4.78, 5) is 11.5. The average molecular weight is 286 g/mol. The van der Waals surface area contributed by atoms with E-state index in [4.69, 9.17) is 18.0 Å². The van der Waals surface area contributed by atoms with E-state index in [9.17, 15) is 9.18 Å². The molecule has 0 fully saturated rings. The van der Waals surface area contributed by atoms with E-state index >= 15 is 0 Å². The predicted molar refractivity (Wildman–Crippen MR) is 77.1 cm³/mol. The maximum Gasteiger partial charge on any atom is 0.221 e. The monoisotopic (exact) mass is 286 g/mol. The summed E-state index contributed by atoms with van der Waals surface area (Å²) in [5, 5.41) is 2.67. The Morgan fingerprint density at radius 3 is 2.83 bits per heavy atom. The van der Waals surface area contributed by atoms with E-state index in [-0.39, 0.29) is 17.4 Å². The van der Waals surface area contributed by atoms with Gasteiger partial charge in [-0.05, 0) is 12.3 Å². The summed E-state index contributed by atoms with van der Waals surface area (Å²) in [6.07, 6.45) is 2.37. The third-order valence-electron chi connectivity index (χ3n) is 2.35. The van der Waals surface area contributed by atoms with Crippen LogP contribution in [0.15, 0.2) is 18.2 Å². The van der Waals surface area contributed by atoms with Gasteiger partial charge in [0, 0.05) is 29.8 Å². The topological polar surface area (TPSA) is 55.1 Å². The molecule has 0 aliphatic carbocycles. The van der Waals surface area contributed by atoms with Crippen LogP contribution in [0.3, 0.4) is 0 Å². The third kappa shape index (κ3) is 4.62. The van der Waals surface area contributed by atoms with Gasteiger partial charge in [0.1, 0.15) is 10.8 Å². The van der Waals surface area contributed by atoms with E-state index in [1.807, 2.05) is 6.26 Å². The van der Waals surface area contributed by atoms with Gasteiger partial charge in [-0.1, -0.05) is 24.4 Å². The van der Waals surface area contributed by atoms with E-state index in [1.54, 1.807) is 23.9 Å². The van der Waals surface area contributed by atoms with Crippen LogP contribution in [0, 0.1) is 5.82 Å². The zero-order valence-electron chi connectivity index (χ0n) is 10.0. The number of hydrogen-bond acceptors (Lipinski definition) is 3. The first-order chi connectivity index (χ1) is 8.54. The van der Waals surface area contributed by atoms with Crippen molar-refractivity contribution >= 4 is 34.9 Å². The van der Waals surface area contributed by atoms with Crippen LogP contribution >= 0.6 is 24.0 Å². The fourth-order valence-corrected chi connectivity index (χ4v) is 1.84. The fraction of sp³-hybridized carbons (Fsp3) is 0.333. The molecule has 0 bridgehead atoms. The van der Waals surface area contributed by atoms with Crippen molar-refractivity contribution in [3.63, 3.8) is 0 Å². The number of thioether (sulfide) groups is 1. The molecule has 1 rings (SSSR count). The number of nitrogens with one attached hydrogen (secondary N) is 1. The Bertz CT molecular complexity index is 452. The number of rotatable bonds is 6. The molecule has 0 spiro atoms. The molecule has 18 heavy (non-hydrogen) atoms. The van der Waals surface area contributed by atoms with Gasteiger partial charge in [0.15, 0.2) is 0 Å². The first-order valence-electron chi connectivity index (χ1n) is 5.38. The Kier molecular flexibility index (Phi) is 6.07. The number of carbonyl (C=O) groups excluding carboxylic acids is 1. The molecule has 0 aliphatic heterocycles. The fourth-order valence-electron chi connectivity index (χ4n) is 1.32. The molecule has 0 radical (unpaired) electrons. The third-order valence-corrected chi connectivity index (χ3v) is 3.19. The molecular formula is C12H15FN2OS2. The predicted octanol–water partition coefficient (Wildman–Crippen LogP) is 1.83. The summed E-state index contributed by atoms with van der Waals surface area (Å²) in [5.41, 5.74) is 6.31. The van der Waals surface area contributed by atoms with Gasteiger partial charge >= 0.3 is 0 Å². The highest BCUT2D eigenvalue weighted by molar-refractivity contribution is 7.98. The highest BCUT2D eigenvalue weighted by Gasteiger charge is 2.07. The van der Waals surface area contributed by atoms with Crippen LogP contribution in [-0.2, 0) is 11.3 Å². The Morgan fingerprint density at radius 1 is 1.56 bits per heavy atom. The quantitative estimate of drug-likeness (QED) is 0.783. The SMILES string of the molecule is CSCCC(=O)NCc1ccc(C(N)=S)cc1F. The van der Waals surface area contributed by atoms with Gasteiger partial charge in [0.05, 0.1) is 0 Å². The van der Waals surface area contributed by atoms with E-state index in [0.29, 0.717) is 17.5 Å². The zero-order chi connectivity index (χ0) is 13.5. The Balaban J connectivity index is 2.58. The summed E-state index contributed by atoms with van der Waals surface area (Å²) in [6, 6.07) is 4.51. The summed E-state index contributed by atoms with van der Waals surface area (Å²) in [7, 11) is 0. The van der Waals surface area contributed by atoms with Gasteiger partial charge in [-0.3, -0.25) is 4.79 Å². The number of nitrogens with two attached hydrogens (primary N) is 1. The average Bonchev–Trinajstić information content (AvgIpc) is 2.34. The van der Waals surface area contributed by atoms with E-state index < -0.39 is 5.82 Å². The van der Waals surface area contributed by atoms with Crippen molar-refractivity contribution in [2.24, 2.45) is 5.73 Å². The molecule has 3 N–H and O–H groups in total. The number of amides is 1. The normalized spacial score (nSPS) is 10.1. The smallest absolute Gasteiger partial charge is 0.221 e. The molecule has 98 valence electrons. The highest BCUT2D eigenvalue weighted by Crippen LogP contribution is 2.10. The molecular weight excluding hydrogens is 271 g/mol. The molecule has 1 aromatic carbocycles. The largest absolute Gasteiger partial charge is 0.389 e. The number of thiocarbonyl (C=S) groups is 1. The number of benzene rings is 1. The minimum absolute atomic E-state index is 0.0813. The van der Waals surface area contributed by atoms with Crippen molar-refractivity contribution in [3.05, 3.63) is 35.1 Å². The first kappa shape index (κ1) is 14.9. The van der Waals surface area contributed by atoms with Crippen LogP contribution < -0.4 is 11.1 Å². The van der Waals surface area contributed by atoms with Crippen LogP contribution in [-0.4, -0.2) is 22.9 Å². The Morgan fingerprint density at radius 2 is 2.28 bits per heavy atom. The van der Waals surface area contributed by atoms with Crippen LogP contribution in [0.5, 0.6) is 0 Å². The molecule has 3 nitrogen and oxygen atoms in total. The van der Waals surface area contributed by atoms with Crippen LogP contribution in [0.4, 0.5) is 4.39 Å². The van der Waals surface area contributed by atoms with E-state index in [1.165, 1.54) is 6.07 Å². The molecule has 0 aromatic heterocycles. The minimum Gasteiger partial charge on any atom is -0.389 e. The maximum atomic E-state index is 13.6. The van der Waals surface area contributed by atoms with Gasteiger partial charge in [-0.2, -0.15) is 11.8 Å². The molecule has 6 heteroatoms. The summed E-state index contributed by atoms with van der Waals surface area (Å²) < 4.78 is 13.6. The summed E-state index contributed by atoms with van der Waals surface area (Å²) in [5.74, 6) is 0.266. The van der Waals surface area contributed by atoms with Crippen molar-refractivity contribution in [2.45, 2.75) is 13.0 Å². The minimum atomic E-state index is -0.412. The lowest BCUT2D eigenvalue weighted by atomic mass is 10.1. The van der Waals surface area contributed by atoms with E-state index in [2.05, 4.69) is 5.32 Å². The molecule has 0 aliphatic rings. The van der Waals surface area contributed by atoms with Crippen molar-refractivity contribution in [2.75, 3.05) is 12.0 Å². The molecule has 0 saturated carbocycles. The number of halogens is 1. The van der Waals surface area contributed by atoms with Crippen molar-refractivity contribution in [1.82, 2.24) is 5.32 Å². The molecule has 0 heterocycles. The standard InChI is InChI=1S/C12H15FN2OS2/c1-18-5-4-11(16)15-7-9-3-2-8(12(14)17)6-10(9)13/h2-3,6H,4-5,7H2,1H3,(H2,14,17)(H,15,16). The number of hydrogen-bond donors (Lipinski definition) is 2. The van der Waals surface area contributed by atoms with Gasteiger partial charge < -0.3 is 11.1 Å². The van der Waals surface area contributed by atoms with Crippen LogP contribution in [0.25, 0.3) is 0 Å². The van der Waals surface area contributed by atoms with Crippen molar-refractivity contribution < 1.29 is 9.18 Å². The summed E-state index contributed by atoms with van der Waals surface area (Å²) in [6.45, 7) is 0.177. The zero-order valence-corrected chi connectivity index (χ0v) is 11.7. The maximum absolute atomic E-state index is 13.6. The van der Waals surface area contributed by atoms with Gasteiger partial charge in [0.25, 0.3) is 0 Å². The highest BCUT2D eigenvalue weighted by atomic mass is 32.2. The Labute approximate surface area is 115 Å². The molecule has 0 atom stereocenters. The lowest BCUT2D eigenvalue weighted by Gasteiger charge is -2.07. The summed E-state index contributed by atoms with van der Waals surface area (Å²) >= 11 is 6.35. The van der Waals surface area contributed by atoms with Crippen LogP contribution in [0.1, 0.15) is 17.5 Å². The van der Waals surface area contributed by atoms with E-state index in [0.717, 1.165) is 5.75 Å². The second kappa shape index (κ2) is 7.33. The van der Waals surface area contributed by atoms with Crippen LogP contribution in [0.2, 0.25) is 0 Å². The Hall–Kier alpha value is -1.14. The van der Waals surface area contributed by atoms with Crippen molar-refractivity contribution in [3.8, 4) is 0 Å².